The van der Waals surface area contributed by atoms with Gasteiger partial charge in [-0.3, -0.25) is 9.36 Å². The lowest BCUT2D eigenvalue weighted by Gasteiger charge is -2.39. The van der Waals surface area contributed by atoms with E-state index in [9.17, 15) is 28.0 Å². The molecule has 1 fully saturated rings. The molecule has 1 saturated heterocycles. The van der Waals surface area contributed by atoms with Gasteiger partial charge in [0.2, 0.25) is 0 Å². The van der Waals surface area contributed by atoms with Gasteiger partial charge in [0.05, 0.1) is 46.5 Å². The van der Waals surface area contributed by atoms with Crippen molar-refractivity contribution in [2.45, 2.75) is 89.4 Å². The van der Waals surface area contributed by atoms with Crippen LogP contribution in [0, 0.1) is 18.3 Å². The molecule has 2 heterocycles. The molecule has 0 spiro atoms. The third kappa shape index (κ3) is 11.6. The Morgan fingerprint density at radius 2 is 1.50 bits per heavy atom. The number of nitrogens with one attached hydrogen (secondary N) is 1. The van der Waals surface area contributed by atoms with Crippen molar-refractivity contribution in [1.29, 1.82) is 5.26 Å². The van der Waals surface area contributed by atoms with E-state index in [2.05, 4.69) is 11.1 Å². The number of aryl methyl sites for hydroxylation is 1. The van der Waals surface area contributed by atoms with Gasteiger partial charge in [-0.15, -0.1) is 0 Å². The summed E-state index contributed by atoms with van der Waals surface area (Å²) in [6.45, 7) is 8.46. The molecule has 5 atom stereocenters. The third-order valence-electron chi connectivity index (χ3n) is 9.97. The Bertz CT molecular complexity index is 2080. The topological polar surface area (TPSA) is 156 Å². The molecule has 62 heavy (non-hydrogen) atoms. The molecule has 1 amide bonds. The number of halogens is 3. The summed E-state index contributed by atoms with van der Waals surface area (Å²) in [4.78, 5) is 29.3. The highest BCUT2D eigenvalue weighted by Gasteiger charge is 2.52. The second kappa shape index (κ2) is 21.9. The highest BCUT2D eigenvalue weighted by Crippen LogP contribution is 2.51. The quantitative estimate of drug-likeness (QED) is 0.0511. The number of hydrogen-bond acceptors (Lipinski definition) is 12. The second-order valence-corrected chi connectivity index (χ2v) is 16.3. The molecule has 334 valence electrons. The molecule has 0 radical (unpaired) electrons. The summed E-state index contributed by atoms with van der Waals surface area (Å²) in [7, 11) is 1.16. The van der Waals surface area contributed by atoms with E-state index in [0.717, 1.165) is 16.7 Å². The van der Waals surface area contributed by atoms with Crippen LogP contribution in [-0.4, -0.2) is 97.3 Å². The van der Waals surface area contributed by atoms with Gasteiger partial charge < -0.3 is 38.0 Å². The van der Waals surface area contributed by atoms with Crippen molar-refractivity contribution < 1.29 is 50.7 Å². The summed E-state index contributed by atoms with van der Waals surface area (Å²) in [6, 6.07) is 26.3. The molecule has 3 aromatic carbocycles. The fourth-order valence-corrected chi connectivity index (χ4v) is 8.99. The number of amides is 1. The first-order valence-corrected chi connectivity index (χ1v) is 21.2. The number of alkyl halides is 3. The monoisotopic (exact) mass is 883 g/mol. The Morgan fingerprint density at radius 1 is 0.919 bits per heavy atom. The molecule has 1 aliphatic heterocycles. The van der Waals surface area contributed by atoms with Gasteiger partial charge in [0.15, 0.2) is 6.23 Å². The number of methoxy groups -OCH3 is 2. The molecule has 1 unspecified atom stereocenters. The van der Waals surface area contributed by atoms with Gasteiger partial charge in [0.25, 0.3) is 8.53 Å². The predicted octanol–water partition coefficient (Wildman–Crippen LogP) is 7.20. The molecule has 4 aromatic rings. The number of benzene rings is 3. The predicted molar refractivity (Wildman–Crippen MR) is 224 cm³/mol. The lowest BCUT2D eigenvalue weighted by molar-refractivity contribution is -0.174. The van der Waals surface area contributed by atoms with Crippen LogP contribution in [0.5, 0.6) is 11.5 Å². The zero-order chi connectivity index (χ0) is 45.0. The average Bonchev–Trinajstić information content (AvgIpc) is 3.59. The van der Waals surface area contributed by atoms with Crippen LogP contribution in [0.3, 0.4) is 0 Å². The van der Waals surface area contributed by atoms with E-state index in [1.165, 1.54) is 17.0 Å². The summed E-state index contributed by atoms with van der Waals surface area (Å²) in [5, 5.41) is 11.3. The van der Waals surface area contributed by atoms with E-state index in [0.29, 0.717) is 17.1 Å². The number of ether oxygens (including phenoxy) is 5. The fourth-order valence-electron chi connectivity index (χ4n) is 7.22. The second-order valence-electron chi connectivity index (χ2n) is 14.9. The number of aromatic nitrogens is 2. The van der Waals surface area contributed by atoms with Gasteiger partial charge in [0.1, 0.15) is 35.4 Å². The van der Waals surface area contributed by atoms with E-state index >= 15 is 0 Å². The number of nitriles is 1. The van der Waals surface area contributed by atoms with Crippen LogP contribution in [0.1, 0.15) is 62.6 Å². The van der Waals surface area contributed by atoms with Crippen LogP contribution in [0.15, 0.2) is 96.1 Å². The first-order chi connectivity index (χ1) is 29.6. The Morgan fingerprint density at radius 3 is 2.03 bits per heavy atom. The molecule has 1 aromatic heterocycles. The molecular weight excluding hydrogens is 830 g/mol. The van der Waals surface area contributed by atoms with E-state index in [4.69, 9.17) is 32.7 Å². The van der Waals surface area contributed by atoms with Crippen LogP contribution >= 0.6 is 8.53 Å². The van der Waals surface area contributed by atoms with Crippen molar-refractivity contribution >= 4 is 14.4 Å². The van der Waals surface area contributed by atoms with Crippen molar-refractivity contribution in [3.05, 3.63) is 124 Å². The van der Waals surface area contributed by atoms with Crippen LogP contribution < -0.4 is 20.5 Å². The Hall–Kier alpha value is -4.92. The molecule has 0 bridgehead atoms. The van der Waals surface area contributed by atoms with Crippen molar-refractivity contribution in [1.82, 2.24) is 19.5 Å². The summed E-state index contributed by atoms with van der Waals surface area (Å²) >= 11 is 0. The molecule has 14 nitrogen and oxygen atoms in total. The smallest absolute Gasteiger partial charge is 0.471 e. The number of hydrogen-bond donors (Lipinski definition) is 1. The van der Waals surface area contributed by atoms with Crippen LogP contribution in [0.25, 0.3) is 0 Å². The Balaban J connectivity index is 1.67. The van der Waals surface area contributed by atoms with E-state index in [-0.39, 0.29) is 31.7 Å². The zero-order valence-corrected chi connectivity index (χ0v) is 36.6. The van der Waals surface area contributed by atoms with Crippen molar-refractivity contribution in [2.24, 2.45) is 0 Å². The Labute approximate surface area is 360 Å². The summed E-state index contributed by atoms with van der Waals surface area (Å²) in [5.41, 5.74) is 0.804. The highest BCUT2D eigenvalue weighted by atomic mass is 31.2. The Kier molecular flexibility index (Phi) is 17.0. The van der Waals surface area contributed by atoms with Gasteiger partial charge in [-0.25, -0.2) is 14.4 Å². The minimum absolute atomic E-state index is 0.0264. The van der Waals surface area contributed by atoms with E-state index in [1.54, 1.807) is 21.1 Å². The number of carbonyl (C=O) groups is 1. The van der Waals surface area contributed by atoms with E-state index in [1.807, 2.05) is 117 Å². The van der Waals surface area contributed by atoms with Crippen LogP contribution in [-0.2, 0) is 33.7 Å². The number of rotatable bonds is 21. The maximum absolute atomic E-state index is 13.5. The van der Waals surface area contributed by atoms with Crippen LogP contribution in [0.2, 0.25) is 0 Å². The molecular formula is C44H53F3N5O9P. The van der Waals surface area contributed by atoms with Gasteiger partial charge in [-0.2, -0.15) is 18.4 Å². The molecule has 5 rings (SSSR count). The molecule has 0 saturated carbocycles. The molecule has 0 aliphatic carbocycles. The number of nitrogens with zero attached hydrogens (tertiary/aromatic N) is 4. The minimum Gasteiger partial charge on any atom is -0.497 e. The lowest BCUT2D eigenvalue weighted by atomic mass is 9.80. The van der Waals surface area contributed by atoms with Gasteiger partial charge in [-0.1, -0.05) is 54.6 Å². The maximum Gasteiger partial charge on any atom is 0.471 e. The van der Waals surface area contributed by atoms with Gasteiger partial charge >= 0.3 is 17.8 Å². The maximum atomic E-state index is 13.5. The standard InChI is InChI=1S/C44H53F3N5O9P/c1-29(2)52(30(3)4)62(59-24-11-22-48)61-38-37(60-40(51-27-31(5)26-50-42(51)54)39(38)57-25-23-49-41(53)44(45,46)47)28-58-43(32-12-9-8-10-13-32,33-14-18-35(55-6)19-15-33)34-16-20-36(56-7)21-17-34/h8-10,12-21,26-27,29-30,37-40H,11,23-25,28H2,1-7H3,(H,49,53)/t37-,38-,39-,40-,62?/m1/s1. The first kappa shape index (κ1) is 48.1. The fraction of sp³-hybridized carbons (Fsp3) is 0.455. The van der Waals surface area contributed by atoms with Crippen molar-refractivity contribution in [3.8, 4) is 17.6 Å². The lowest BCUT2D eigenvalue weighted by Crippen LogP contribution is -2.44. The largest absolute Gasteiger partial charge is 0.497 e. The molecule has 1 aliphatic rings. The number of carbonyl (C=O) groups excluding carboxylic acids is 1. The third-order valence-corrected chi connectivity index (χ3v) is 12.1. The SMILES string of the molecule is COc1ccc(C(OC[C@H]2O[C@@H](n3cc(C)cnc3=O)[C@H](OCCNC(=O)C(F)(F)F)[C@@H]2OP(OCCC#N)N(C(C)C)C(C)C)(c2ccccc2)c2ccc(OC)cc2)cc1. The van der Waals surface area contributed by atoms with E-state index < -0.39 is 69.6 Å². The molecule has 1 N–H and O–H groups in total. The summed E-state index contributed by atoms with van der Waals surface area (Å²) < 4.78 is 87.3. The van der Waals surface area contributed by atoms with Crippen LogP contribution in [0.4, 0.5) is 13.2 Å². The highest BCUT2D eigenvalue weighted by molar-refractivity contribution is 7.44. The normalized spacial score (nSPS) is 18.5. The minimum atomic E-state index is -5.11. The summed E-state index contributed by atoms with van der Waals surface area (Å²) in [6.07, 6.45) is -6.74. The van der Waals surface area contributed by atoms with Crippen molar-refractivity contribution in [2.75, 3.05) is 40.6 Å². The van der Waals surface area contributed by atoms with Crippen molar-refractivity contribution in [3.63, 3.8) is 0 Å². The average molecular weight is 884 g/mol. The van der Waals surface area contributed by atoms with Gasteiger partial charge in [-0.05, 0) is 81.1 Å². The first-order valence-electron chi connectivity index (χ1n) is 20.0. The molecule has 18 heteroatoms. The van der Waals surface area contributed by atoms with Gasteiger partial charge in [0, 0.05) is 31.0 Å². The zero-order valence-electron chi connectivity index (χ0n) is 35.7. The summed E-state index contributed by atoms with van der Waals surface area (Å²) in [5.74, 6) is -0.894.